The van der Waals surface area contributed by atoms with E-state index in [1.54, 1.807) is 29.3 Å². The third-order valence-electron chi connectivity index (χ3n) is 5.20. The van der Waals surface area contributed by atoms with Gasteiger partial charge in [-0.3, -0.25) is 9.78 Å². The number of fused-ring (bicyclic) bond motifs is 1. The highest BCUT2D eigenvalue weighted by Gasteiger charge is 2.40. The molecule has 1 atom stereocenters. The molecule has 0 spiro atoms. The van der Waals surface area contributed by atoms with Gasteiger partial charge >= 0.3 is 6.18 Å². The van der Waals surface area contributed by atoms with Crippen LogP contribution in [0.3, 0.4) is 0 Å². The van der Waals surface area contributed by atoms with Crippen molar-refractivity contribution in [2.24, 2.45) is 0 Å². The second-order valence-corrected chi connectivity index (χ2v) is 7.35. The summed E-state index contributed by atoms with van der Waals surface area (Å²) < 4.78 is 51.2. The van der Waals surface area contributed by atoms with E-state index in [4.69, 9.17) is 9.47 Å². The van der Waals surface area contributed by atoms with Crippen molar-refractivity contribution < 1.29 is 27.4 Å². The molecule has 4 rings (SSSR count). The maximum atomic E-state index is 13.4. The molecule has 0 unspecified atom stereocenters. The monoisotopic (exact) mass is 457 g/mol. The molecule has 0 aliphatic carbocycles. The highest BCUT2D eigenvalue weighted by atomic mass is 19.4. The predicted molar refractivity (Wildman–Crippen MR) is 109 cm³/mol. The SMILES string of the molecule is COc1c(C#N)ccc(O[C@@H](C)C(F)(F)F)c1C(=O)N1Cc2cn(-c3cccnc3)nc2C1. The number of amides is 1. The maximum Gasteiger partial charge on any atom is 0.425 e. The summed E-state index contributed by atoms with van der Waals surface area (Å²) in [6, 6.07) is 7.92. The van der Waals surface area contributed by atoms with E-state index >= 15 is 0 Å². The van der Waals surface area contributed by atoms with E-state index in [9.17, 15) is 23.2 Å². The smallest absolute Gasteiger partial charge is 0.425 e. The van der Waals surface area contributed by atoms with E-state index in [0.717, 1.165) is 18.2 Å². The number of carbonyl (C=O) groups excluding carboxylic acids is 1. The number of nitriles is 1. The summed E-state index contributed by atoms with van der Waals surface area (Å²) in [6.45, 7) is 1.16. The van der Waals surface area contributed by atoms with Crippen molar-refractivity contribution in [2.45, 2.75) is 32.3 Å². The number of ether oxygens (including phenoxy) is 2. The molecule has 0 saturated heterocycles. The highest BCUT2D eigenvalue weighted by Crippen LogP contribution is 2.37. The molecule has 3 aromatic rings. The standard InChI is InChI=1S/C22H18F3N5O3/c1-13(22(23,24)25)33-18-6-5-14(8-26)20(32-2)19(18)21(31)29-10-15-11-30(28-17(15)12-29)16-4-3-7-27-9-16/h3-7,9,11,13H,10,12H2,1-2H3/t13-/m0/s1. The van der Waals surface area contributed by atoms with Crippen LogP contribution in [0.15, 0.2) is 42.9 Å². The molecule has 0 radical (unpaired) electrons. The maximum absolute atomic E-state index is 13.4. The van der Waals surface area contributed by atoms with Crippen LogP contribution in [0, 0.1) is 11.3 Å². The molecule has 0 bridgehead atoms. The molecule has 11 heteroatoms. The van der Waals surface area contributed by atoms with Crippen molar-refractivity contribution in [3.05, 3.63) is 65.2 Å². The zero-order chi connectivity index (χ0) is 23.8. The van der Waals surface area contributed by atoms with Crippen LogP contribution in [0.25, 0.3) is 5.69 Å². The lowest BCUT2D eigenvalue weighted by Crippen LogP contribution is -2.33. The van der Waals surface area contributed by atoms with Gasteiger partial charge in [0.2, 0.25) is 0 Å². The predicted octanol–water partition coefficient (Wildman–Crippen LogP) is 3.63. The minimum Gasteiger partial charge on any atom is -0.494 e. The Labute approximate surface area is 186 Å². The van der Waals surface area contributed by atoms with Crippen molar-refractivity contribution in [1.82, 2.24) is 19.7 Å². The summed E-state index contributed by atoms with van der Waals surface area (Å²) >= 11 is 0. The van der Waals surface area contributed by atoms with Gasteiger partial charge in [0.05, 0.1) is 36.8 Å². The zero-order valence-electron chi connectivity index (χ0n) is 17.6. The van der Waals surface area contributed by atoms with Gasteiger partial charge in [-0.2, -0.15) is 23.5 Å². The first-order valence-electron chi connectivity index (χ1n) is 9.84. The Kier molecular flexibility index (Phi) is 5.68. The topological polar surface area (TPSA) is 93.3 Å². The molecular weight excluding hydrogens is 439 g/mol. The van der Waals surface area contributed by atoms with Crippen molar-refractivity contribution in [3.63, 3.8) is 0 Å². The minimum absolute atomic E-state index is 0.00608. The number of benzene rings is 1. The van der Waals surface area contributed by atoms with Crippen molar-refractivity contribution in [2.75, 3.05) is 7.11 Å². The molecule has 1 amide bonds. The highest BCUT2D eigenvalue weighted by molar-refractivity contribution is 6.00. The Hall–Kier alpha value is -4.07. The van der Waals surface area contributed by atoms with Gasteiger partial charge in [-0.1, -0.05) is 0 Å². The number of methoxy groups -OCH3 is 1. The third kappa shape index (κ3) is 4.19. The summed E-state index contributed by atoms with van der Waals surface area (Å²) in [5, 5.41) is 13.9. The second-order valence-electron chi connectivity index (χ2n) is 7.35. The molecule has 1 aromatic carbocycles. The first-order valence-corrected chi connectivity index (χ1v) is 9.84. The van der Waals surface area contributed by atoms with Gasteiger partial charge < -0.3 is 14.4 Å². The van der Waals surface area contributed by atoms with Gasteiger partial charge in [0.15, 0.2) is 11.9 Å². The molecule has 0 saturated carbocycles. The van der Waals surface area contributed by atoms with Crippen LogP contribution in [-0.2, 0) is 13.1 Å². The summed E-state index contributed by atoms with van der Waals surface area (Å²) in [6.07, 6.45) is -1.75. The van der Waals surface area contributed by atoms with Gasteiger partial charge in [0.1, 0.15) is 17.4 Å². The lowest BCUT2D eigenvalue weighted by atomic mass is 10.1. The minimum atomic E-state index is -4.64. The van der Waals surface area contributed by atoms with Gasteiger partial charge in [0, 0.05) is 24.5 Å². The Morgan fingerprint density at radius 3 is 2.67 bits per heavy atom. The zero-order valence-corrected chi connectivity index (χ0v) is 17.6. The van der Waals surface area contributed by atoms with Crippen LogP contribution in [0.5, 0.6) is 11.5 Å². The molecule has 0 N–H and O–H groups in total. The van der Waals surface area contributed by atoms with Crippen molar-refractivity contribution in [1.29, 1.82) is 5.26 Å². The number of pyridine rings is 1. The summed E-state index contributed by atoms with van der Waals surface area (Å²) in [7, 11) is 1.24. The molecule has 1 aliphatic heterocycles. The van der Waals surface area contributed by atoms with E-state index in [-0.39, 0.29) is 35.7 Å². The van der Waals surface area contributed by atoms with E-state index in [1.807, 2.05) is 12.1 Å². The van der Waals surface area contributed by atoms with E-state index in [0.29, 0.717) is 5.69 Å². The molecule has 8 nitrogen and oxygen atoms in total. The molecular formula is C22H18F3N5O3. The summed E-state index contributed by atoms with van der Waals surface area (Å²) in [4.78, 5) is 18.9. The first-order chi connectivity index (χ1) is 15.7. The molecule has 3 heterocycles. The fourth-order valence-electron chi connectivity index (χ4n) is 3.50. The molecule has 170 valence electrons. The van der Waals surface area contributed by atoms with E-state index in [2.05, 4.69) is 10.1 Å². The normalized spacial score (nSPS) is 13.9. The van der Waals surface area contributed by atoms with Crippen molar-refractivity contribution in [3.8, 4) is 23.3 Å². The Morgan fingerprint density at radius 1 is 1.27 bits per heavy atom. The molecule has 33 heavy (non-hydrogen) atoms. The van der Waals surface area contributed by atoms with E-state index in [1.165, 1.54) is 24.1 Å². The number of hydrogen-bond acceptors (Lipinski definition) is 6. The van der Waals surface area contributed by atoms with Gasteiger partial charge in [-0.15, -0.1) is 0 Å². The van der Waals surface area contributed by atoms with Gasteiger partial charge in [-0.25, -0.2) is 4.68 Å². The van der Waals surface area contributed by atoms with Crippen LogP contribution >= 0.6 is 0 Å². The fraction of sp³-hybridized carbons (Fsp3) is 0.273. The largest absolute Gasteiger partial charge is 0.494 e. The number of rotatable bonds is 5. The number of alkyl halides is 3. The number of halogens is 3. The van der Waals surface area contributed by atoms with Gasteiger partial charge in [0.25, 0.3) is 5.91 Å². The second kappa shape index (κ2) is 8.46. The summed E-state index contributed by atoms with van der Waals surface area (Å²) in [5.74, 6) is -1.08. The quantitative estimate of drug-likeness (QED) is 0.581. The molecule has 2 aromatic heterocycles. The molecule has 1 aliphatic rings. The van der Waals surface area contributed by atoms with Crippen LogP contribution in [0.2, 0.25) is 0 Å². The van der Waals surface area contributed by atoms with Crippen LogP contribution in [0.4, 0.5) is 13.2 Å². The van der Waals surface area contributed by atoms with Crippen molar-refractivity contribution >= 4 is 5.91 Å². The Bertz CT molecular complexity index is 1210. The third-order valence-corrected chi connectivity index (χ3v) is 5.20. The average Bonchev–Trinajstić information content (AvgIpc) is 3.37. The Balaban J connectivity index is 1.65. The average molecular weight is 457 g/mol. The summed E-state index contributed by atoms with van der Waals surface area (Å²) in [5.41, 5.74) is 1.96. The van der Waals surface area contributed by atoms with E-state index < -0.39 is 18.2 Å². The van der Waals surface area contributed by atoms with Crippen LogP contribution < -0.4 is 9.47 Å². The van der Waals surface area contributed by atoms with Crippen LogP contribution in [-0.4, -0.2) is 45.0 Å². The number of carbonyl (C=O) groups is 1. The first kappa shape index (κ1) is 22.1. The van der Waals surface area contributed by atoms with Gasteiger partial charge in [-0.05, 0) is 31.2 Å². The molecule has 0 fully saturated rings. The lowest BCUT2D eigenvalue weighted by Gasteiger charge is -2.23. The number of nitrogens with zero attached hydrogens (tertiary/aromatic N) is 5. The Morgan fingerprint density at radius 2 is 2.06 bits per heavy atom. The number of hydrogen-bond donors (Lipinski definition) is 0. The van der Waals surface area contributed by atoms with Crippen LogP contribution in [0.1, 0.15) is 34.1 Å². The number of aromatic nitrogens is 3. The fourth-order valence-corrected chi connectivity index (χ4v) is 3.50. The lowest BCUT2D eigenvalue weighted by molar-refractivity contribution is -0.189.